The minimum atomic E-state index is -0.0732. The first-order valence-corrected chi connectivity index (χ1v) is 7.07. The van der Waals surface area contributed by atoms with Crippen molar-refractivity contribution in [3.05, 3.63) is 54.5 Å². The highest BCUT2D eigenvalue weighted by Gasteiger charge is 2.03. The summed E-state index contributed by atoms with van der Waals surface area (Å²) in [6.07, 6.45) is 5.91. The second-order valence-electron chi connectivity index (χ2n) is 3.87. The van der Waals surface area contributed by atoms with Crippen LogP contribution in [0.15, 0.2) is 53.9 Å². The summed E-state index contributed by atoms with van der Waals surface area (Å²) in [4.78, 5) is 19.9. The van der Waals surface area contributed by atoms with Gasteiger partial charge in [-0.25, -0.2) is 4.98 Å². The molecule has 0 aromatic carbocycles. The van der Waals surface area contributed by atoms with Crippen molar-refractivity contribution in [1.82, 2.24) is 15.3 Å². The van der Waals surface area contributed by atoms with Crippen LogP contribution in [0.4, 0.5) is 0 Å². The predicted octanol–water partition coefficient (Wildman–Crippen LogP) is 2.39. The third-order valence-corrected chi connectivity index (χ3v) is 3.45. The van der Waals surface area contributed by atoms with Crippen LogP contribution in [0.1, 0.15) is 16.8 Å². The van der Waals surface area contributed by atoms with E-state index in [9.17, 15) is 4.79 Å². The standard InChI is InChI=1S/C14H15N3OS/c18-14(12-5-3-7-15-11-12)17-9-4-10-19-13-6-1-2-8-16-13/h1-3,5-8,11H,4,9-10H2,(H,17,18). The second kappa shape index (κ2) is 7.53. The minimum absolute atomic E-state index is 0.0732. The molecule has 0 saturated carbocycles. The molecule has 1 amide bonds. The topological polar surface area (TPSA) is 54.9 Å². The lowest BCUT2D eigenvalue weighted by Crippen LogP contribution is -2.24. The molecule has 0 spiro atoms. The molecular formula is C14H15N3OS. The van der Waals surface area contributed by atoms with Crippen molar-refractivity contribution in [2.75, 3.05) is 12.3 Å². The molecule has 0 radical (unpaired) electrons. The van der Waals surface area contributed by atoms with Crippen LogP contribution in [0.5, 0.6) is 0 Å². The molecule has 0 bridgehead atoms. The molecule has 0 atom stereocenters. The molecule has 5 heteroatoms. The molecule has 0 saturated heterocycles. The average molecular weight is 273 g/mol. The summed E-state index contributed by atoms with van der Waals surface area (Å²) in [5, 5.41) is 3.89. The van der Waals surface area contributed by atoms with Crippen LogP contribution in [0, 0.1) is 0 Å². The summed E-state index contributed by atoms with van der Waals surface area (Å²) >= 11 is 1.69. The highest BCUT2D eigenvalue weighted by Crippen LogP contribution is 2.14. The molecular weight excluding hydrogens is 258 g/mol. The zero-order valence-electron chi connectivity index (χ0n) is 10.5. The van der Waals surface area contributed by atoms with Gasteiger partial charge in [0.2, 0.25) is 0 Å². The Hall–Kier alpha value is -1.88. The van der Waals surface area contributed by atoms with Crippen molar-refractivity contribution in [3.8, 4) is 0 Å². The molecule has 0 aliphatic carbocycles. The maximum absolute atomic E-state index is 11.7. The highest BCUT2D eigenvalue weighted by atomic mass is 32.2. The number of amides is 1. The van der Waals surface area contributed by atoms with E-state index >= 15 is 0 Å². The summed E-state index contributed by atoms with van der Waals surface area (Å²) in [5.41, 5.74) is 0.597. The zero-order chi connectivity index (χ0) is 13.3. The summed E-state index contributed by atoms with van der Waals surface area (Å²) < 4.78 is 0. The van der Waals surface area contributed by atoms with Crippen LogP contribution in [-0.2, 0) is 0 Å². The maximum atomic E-state index is 11.7. The van der Waals surface area contributed by atoms with Crippen molar-refractivity contribution in [2.45, 2.75) is 11.4 Å². The quantitative estimate of drug-likeness (QED) is 0.648. The fourth-order valence-corrected chi connectivity index (χ4v) is 2.29. The van der Waals surface area contributed by atoms with E-state index < -0.39 is 0 Å². The number of aromatic nitrogens is 2. The number of nitrogens with one attached hydrogen (secondary N) is 1. The largest absolute Gasteiger partial charge is 0.352 e. The van der Waals surface area contributed by atoms with Gasteiger partial charge in [-0.3, -0.25) is 9.78 Å². The van der Waals surface area contributed by atoms with Gasteiger partial charge >= 0.3 is 0 Å². The Labute approximate surface area is 116 Å². The Morgan fingerprint density at radius 1 is 1.21 bits per heavy atom. The number of thioether (sulfide) groups is 1. The van der Waals surface area contributed by atoms with Crippen molar-refractivity contribution in [1.29, 1.82) is 0 Å². The van der Waals surface area contributed by atoms with E-state index in [1.807, 2.05) is 18.2 Å². The Morgan fingerprint density at radius 2 is 2.16 bits per heavy atom. The van der Waals surface area contributed by atoms with E-state index in [2.05, 4.69) is 15.3 Å². The minimum Gasteiger partial charge on any atom is -0.352 e. The van der Waals surface area contributed by atoms with Gasteiger partial charge in [-0.2, -0.15) is 0 Å². The normalized spacial score (nSPS) is 10.1. The van der Waals surface area contributed by atoms with Gasteiger partial charge in [0, 0.05) is 30.9 Å². The zero-order valence-corrected chi connectivity index (χ0v) is 11.3. The molecule has 2 rings (SSSR count). The van der Waals surface area contributed by atoms with E-state index in [0.717, 1.165) is 17.2 Å². The first kappa shape index (κ1) is 13.5. The number of nitrogens with zero attached hydrogens (tertiary/aromatic N) is 2. The monoisotopic (exact) mass is 273 g/mol. The second-order valence-corrected chi connectivity index (χ2v) is 4.98. The molecule has 0 aliphatic heterocycles. The third kappa shape index (κ3) is 4.71. The molecule has 2 aromatic heterocycles. The number of rotatable bonds is 6. The predicted molar refractivity (Wildman–Crippen MR) is 76.1 cm³/mol. The molecule has 0 fully saturated rings. The molecule has 1 N–H and O–H groups in total. The van der Waals surface area contributed by atoms with Crippen LogP contribution in [0.3, 0.4) is 0 Å². The lowest BCUT2D eigenvalue weighted by Gasteiger charge is -2.04. The van der Waals surface area contributed by atoms with Gasteiger partial charge in [-0.15, -0.1) is 11.8 Å². The molecule has 4 nitrogen and oxygen atoms in total. The Balaban J connectivity index is 1.63. The molecule has 0 aliphatic rings. The van der Waals surface area contributed by atoms with E-state index in [0.29, 0.717) is 12.1 Å². The van der Waals surface area contributed by atoms with Gasteiger partial charge in [-0.1, -0.05) is 6.07 Å². The summed E-state index contributed by atoms with van der Waals surface area (Å²) in [5.74, 6) is 0.862. The Bertz CT molecular complexity index is 505. The number of pyridine rings is 2. The van der Waals surface area contributed by atoms with Gasteiger partial charge in [0.25, 0.3) is 5.91 Å². The maximum Gasteiger partial charge on any atom is 0.252 e. The van der Waals surface area contributed by atoms with Gasteiger partial charge in [0.15, 0.2) is 0 Å². The summed E-state index contributed by atoms with van der Waals surface area (Å²) in [7, 11) is 0. The van der Waals surface area contributed by atoms with E-state index in [1.165, 1.54) is 0 Å². The Kier molecular flexibility index (Phi) is 5.37. The first-order valence-electron chi connectivity index (χ1n) is 6.08. The SMILES string of the molecule is O=C(NCCCSc1ccccn1)c1cccnc1. The van der Waals surface area contributed by atoms with Crippen molar-refractivity contribution in [3.63, 3.8) is 0 Å². The van der Waals surface area contributed by atoms with Crippen LogP contribution in [-0.4, -0.2) is 28.2 Å². The Morgan fingerprint density at radius 3 is 2.89 bits per heavy atom. The van der Waals surface area contributed by atoms with Crippen LogP contribution in [0.2, 0.25) is 0 Å². The van der Waals surface area contributed by atoms with Crippen LogP contribution >= 0.6 is 11.8 Å². The van der Waals surface area contributed by atoms with E-state index in [1.54, 1.807) is 42.5 Å². The number of carbonyl (C=O) groups excluding carboxylic acids is 1. The number of hydrogen-bond acceptors (Lipinski definition) is 4. The lowest BCUT2D eigenvalue weighted by atomic mass is 10.2. The van der Waals surface area contributed by atoms with Crippen molar-refractivity contribution >= 4 is 17.7 Å². The van der Waals surface area contributed by atoms with Crippen LogP contribution in [0.25, 0.3) is 0 Å². The molecule has 2 aromatic rings. The molecule has 98 valence electrons. The third-order valence-electron chi connectivity index (χ3n) is 2.42. The number of hydrogen-bond donors (Lipinski definition) is 1. The average Bonchev–Trinajstić information content (AvgIpc) is 2.49. The summed E-state index contributed by atoms with van der Waals surface area (Å²) in [6.45, 7) is 0.660. The molecule has 2 heterocycles. The van der Waals surface area contributed by atoms with Gasteiger partial charge in [-0.05, 0) is 30.7 Å². The first-order chi connectivity index (χ1) is 9.36. The van der Waals surface area contributed by atoms with Crippen LogP contribution < -0.4 is 5.32 Å². The van der Waals surface area contributed by atoms with Gasteiger partial charge in [0.1, 0.15) is 0 Å². The van der Waals surface area contributed by atoms with Gasteiger partial charge < -0.3 is 5.32 Å². The highest BCUT2D eigenvalue weighted by molar-refractivity contribution is 7.99. The van der Waals surface area contributed by atoms with Gasteiger partial charge in [0.05, 0.1) is 10.6 Å². The number of carbonyl (C=O) groups is 1. The van der Waals surface area contributed by atoms with E-state index in [-0.39, 0.29) is 5.91 Å². The fraction of sp³-hybridized carbons (Fsp3) is 0.214. The smallest absolute Gasteiger partial charge is 0.252 e. The fourth-order valence-electron chi connectivity index (χ4n) is 1.48. The lowest BCUT2D eigenvalue weighted by molar-refractivity contribution is 0.0953. The molecule has 0 unspecified atom stereocenters. The van der Waals surface area contributed by atoms with Crippen molar-refractivity contribution in [2.24, 2.45) is 0 Å². The summed E-state index contributed by atoms with van der Waals surface area (Å²) in [6, 6.07) is 9.37. The van der Waals surface area contributed by atoms with E-state index in [4.69, 9.17) is 0 Å². The van der Waals surface area contributed by atoms with Crippen molar-refractivity contribution < 1.29 is 4.79 Å². The molecule has 19 heavy (non-hydrogen) atoms.